The first-order chi connectivity index (χ1) is 11.2. The zero-order valence-electron chi connectivity index (χ0n) is 13.4. The molecule has 23 heavy (non-hydrogen) atoms. The summed E-state index contributed by atoms with van der Waals surface area (Å²) >= 11 is 0. The molecule has 2 heterocycles. The predicted octanol–water partition coefficient (Wildman–Crippen LogP) is 0.618. The summed E-state index contributed by atoms with van der Waals surface area (Å²) in [5.41, 5.74) is 1.87. The van der Waals surface area contributed by atoms with Crippen molar-refractivity contribution in [2.45, 2.75) is 12.5 Å². The first-order valence-corrected chi connectivity index (χ1v) is 7.95. The lowest BCUT2D eigenvalue weighted by atomic mass is 9.91. The number of carbonyl (C=O) groups excluding carboxylic acids is 2. The van der Waals surface area contributed by atoms with E-state index in [-0.39, 0.29) is 11.8 Å². The van der Waals surface area contributed by atoms with E-state index in [4.69, 9.17) is 9.47 Å². The molecule has 2 aliphatic rings. The van der Waals surface area contributed by atoms with Gasteiger partial charge in [0.1, 0.15) is 6.04 Å². The van der Waals surface area contributed by atoms with Crippen LogP contribution in [0.3, 0.4) is 0 Å². The van der Waals surface area contributed by atoms with E-state index in [0.29, 0.717) is 45.9 Å². The quantitative estimate of drug-likeness (QED) is 0.816. The Hall–Kier alpha value is -1.92. The molecule has 2 aliphatic heterocycles. The minimum absolute atomic E-state index is 0.0210. The van der Waals surface area contributed by atoms with Crippen LogP contribution >= 0.6 is 0 Å². The van der Waals surface area contributed by atoms with E-state index in [0.717, 1.165) is 11.1 Å². The van der Waals surface area contributed by atoms with Gasteiger partial charge in [-0.1, -0.05) is 24.3 Å². The molecule has 0 aliphatic carbocycles. The lowest BCUT2D eigenvalue weighted by Gasteiger charge is -2.39. The van der Waals surface area contributed by atoms with Crippen molar-refractivity contribution in [1.82, 2.24) is 9.80 Å². The van der Waals surface area contributed by atoms with E-state index in [9.17, 15) is 9.59 Å². The van der Waals surface area contributed by atoms with E-state index in [2.05, 4.69) is 0 Å². The Morgan fingerprint density at radius 1 is 1.30 bits per heavy atom. The van der Waals surface area contributed by atoms with Gasteiger partial charge in [0.2, 0.25) is 11.8 Å². The number of nitrogens with zero attached hydrogens (tertiary/aromatic N) is 2. The third kappa shape index (κ3) is 3.23. The molecule has 0 aromatic heterocycles. The van der Waals surface area contributed by atoms with Crippen LogP contribution in [0, 0.1) is 0 Å². The average Bonchev–Trinajstić information content (AvgIpc) is 2.59. The van der Waals surface area contributed by atoms with Gasteiger partial charge in [-0.3, -0.25) is 9.59 Å². The molecule has 1 unspecified atom stereocenters. The van der Waals surface area contributed by atoms with Crippen LogP contribution in [0.2, 0.25) is 0 Å². The van der Waals surface area contributed by atoms with Crippen molar-refractivity contribution in [2.24, 2.45) is 0 Å². The monoisotopic (exact) mass is 318 g/mol. The minimum atomic E-state index is -0.555. The van der Waals surface area contributed by atoms with Gasteiger partial charge in [-0.25, -0.2) is 0 Å². The molecular weight excluding hydrogens is 296 g/mol. The van der Waals surface area contributed by atoms with Crippen LogP contribution in [0.4, 0.5) is 0 Å². The van der Waals surface area contributed by atoms with Crippen molar-refractivity contribution < 1.29 is 19.1 Å². The van der Waals surface area contributed by atoms with E-state index < -0.39 is 6.04 Å². The van der Waals surface area contributed by atoms with E-state index in [1.54, 1.807) is 16.9 Å². The largest absolute Gasteiger partial charge is 0.383 e. The first-order valence-electron chi connectivity index (χ1n) is 7.95. The highest BCUT2D eigenvalue weighted by Crippen LogP contribution is 2.32. The normalized spacial score (nSPS) is 21.3. The van der Waals surface area contributed by atoms with Crippen molar-refractivity contribution in [3.63, 3.8) is 0 Å². The molecule has 2 amide bonds. The van der Waals surface area contributed by atoms with Gasteiger partial charge in [0, 0.05) is 26.7 Å². The number of hydrogen-bond acceptors (Lipinski definition) is 4. The number of morpholine rings is 1. The summed E-state index contributed by atoms with van der Waals surface area (Å²) in [6.07, 6.45) is 0.340. The van der Waals surface area contributed by atoms with Crippen molar-refractivity contribution >= 4 is 11.8 Å². The van der Waals surface area contributed by atoms with Crippen molar-refractivity contribution in [3.05, 3.63) is 35.4 Å². The van der Waals surface area contributed by atoms with Gasteiger partial charge in [0.15, 0.2) is 0 Å². The molecule has 6 heteroatoms. The summed E-state index contributed by atoms with van der Waals surface area (Å²) < 4.78 is 10.4. The fourth-order valence-corrected chi connectivity index (χ4v) is 3.20. The molecule has 1 saturated heterocycles. The van der Waals surface area contributed by atoms with Gasteiger partial charge >= 0.3 is 0 Å². The molecule has 0 N–H and O–H groups in total. The van der Waals surface area contributed by atoms with Crippen LogP contribution in [-0.4, -0.2) is 68.2 Å². The average molecular weight is 318 g/mol. The molecule has 1 aromatic rings. The fraction of sp³-hybridized carbons (Fsp3) is 0.529. The van der Waals surface area contributed by atoms with E-state index in [1.165, 1.54) is 0 Å². The Balaban J connectivity index is 1.93. The van der Waals surface area contributed by atoms with Crippen LogP contribution in [0.15, 0.2) is 24.3 Å². The van der Waals surface area contributed by atoms with Gasteiger partial charge in [0.25, 0.3) is 0 Å². The maximum atomic E-state index is 13.1. The third-order valence-electron chi connectivity index (χ3n) is 4.42. The zero-order valence-corrected chi connectivity index (χ0v) is 13.4. The number of benzene rings is 1. The number of ether oxygens (including phenoxy) is 2. The predicted molar refractivity (Wildman–Crippen MR) is 83.9 cm³/mol. The van der Waals surface area contributed by atoms with Crippen molar-refractivity contribution in [3.8, 4) is 0 Å². The van der Waals surface area contributed by atoms with E-state index >= 15 is 0 Å². The molecular formula is C17H22N2O4. The summed E-state index contributed by atoms with van der Waals surface area (Å²) in [6.45, 7) is 3.08. The molecule has 0 spiro atoms. The minimum Gasteiger partial charge on any atom is -0.383 e. The second-order valence-corrected chi connectivity index (χ2v) is 5.80. The van der Waals surface area contributed by atoms with Gasteiger partial charge in [-0.15, -0.1) is 0 Å². The van der Waals surface area contributed by atoms with Crippen molar-refractivity contribution in [2.75, 3.05) is 46.6 Å². The summed E-state index contributed by atoms with van der Waals surface area (Å²) in [5.74, 6) is -0.0442. The van der Waals surface area contributed by atoms with Crippen LogP contribution in [0.25, 0.3) is 0 Å². The molecule has 1 atom stereocenters. The van der Waals surface area contributed by atoms with Crippen LogP contribution in [0.5, 0.6) is 0 Å². The Bertz CT molecular complexity index is 584. The molecule has 6 nitrogen and oxygen atoms in total. The highest BCUT2D eigenvalue weighted by atomic mass is 16.5. The Kier molecular flexibility index (Phi) is 4.93. The zero-order chi connectivity index (χ0) is 16.2. The number of hydrogen-bond donors (Lipinski definition) is 0. The van der Waals surface area contributed by atoms with Gasteiger partial charge in [0.05, 0.1) is 26.2 Å². The Morgan fingerprint density at radius 2 is 2.04 bits per heavy atom. The van der Waals surface area contributed by atoms with Gasteiger partial charge in [-0.2, -0.15) is 0 Å². The Morgan fingerprint density at radius 3 is 2.78 bits per heavy atom. The summed E-state index contributed by atoms with van der Waals surface area (Å²) in [5, 5.41) is 0. The number of rotatable bonds is 4. The summed E-state index contributed by atoms with van der Waals surface area (Å²) in [4.78, 5) is 29.1. The molecule has 1 fully saturated rings. The topological polar surface area (TPSA) is 59.1 Å². The standard InChI is InChI=1S/C17H22N2O4/c1-22-9-8-19-15(20)12-13-4-2-3-5-14(13)16(19)17(21)18-6-10-23-11-7-18/h2-5,16H,6-12H2,1H3. The lowest BCUT2D eigenvalue weighted by Crippen LogP contribution is -2.51. The number of methoxy groups -OCH3 is 1. The number of fused-ring (bicyclic) bond motifs is 1. The first kappa shape index (κ1) is 16.0. The summed E-state index contributed by atoms with van der Waals surface area (Å²) in [7, 11) is 1.60. The third-order valence-corrected chi connectivity index (χ3v) is 4.42. The van der Waals surface area contributed by atoms with E-state index in [1.807, 2.05) is 24.3 Å². The highest BCUT2D eigenvalue weighted by molar-refractivity contribution is 5.92. The number of carbonyl (C=O) groups is 2. The summed E-state index contributed by atoms with van der Waals surface area (Å²) in [6, 6.07) is 7.15. The van der Waals surface area contributed by atoms with Crippen LogP contribution in [0.1, 0.15) is 17.2 Å². The molecule has 1 aromatic carbocycles. The maximum absolute atomic E-state index is 13.1. The molecule has 124 valence electrons. The van der Waals surface area contributed by atoms with Crippen LogP contribution in [-0.2, 0) is 25.5 Å². The Labute approximate surface area is 136 Å². The second-order valence-electron chi connectivity index (χ2n) is 5.80. The molecule has 0 bridgehead atoms. The van der Waals surface area contributed by atoms with Gasteiger partial charge in [-0.05, 0) is 11.1 Å². The van der Waals surface area contributed by atoms with Crippen LogP contribution < -0.4 is 0 Å². The highest BCUT2D eigenvalue weighted by Gasteiger charge is 2.39. The van der Waals surface area contributed by atoms with Crippen molar-refractivity contribution in [1.29, 1.82) is 0 Å². The number of amides is 2. The molecule has 0 radical (unpaired) electrons. The SMILES string of the molecule is COCCN1C(=O)Cc2ccccc2C1C(=O)N1CCOCC1. The molecule has 0 saturated carbocycles. The maximum Gasteiger partial charge on any atom is 0.250 e. The fourth-order valence-electron chi connectivity index (χ4n) is 3.20. The lowest BCUT2D eigenvalue weighted by molar-refractivity contribution is -0.150. The van der Waals surface area contributed by atoms with Gasteiger partial charge < -0.3 is 19.3 Å². The molecule has 3 rings (SSSR count). The second kappa shape index (κ2) is 7.10. The smallest absolute Gasteiger partial charge is 0.250 e.